The van der Waals surface area contributed by atoms with Crippen molar-refractivity contribution in [1.29, 1.82) is 0 Å². The molecule has 0 radical (unpaired) electrons. The quantitative estimate of drug-likeness (QED) is 0.836. The zero-order valence-corrected chi connectivity index (χ0v) is 10.4. The average Bonchev–Trinajstić information content (AvgIpc) is 2.86. The Balaban J connectivity index is 2.02. The molecule has 0 aliphatic carbocycles. The van der Waals surface area contributed by atoms with Crippen LogP contribution in [0.2, 0.25) is 0 Å². The summed E-state index contributed by atoms with van der Waals surface area (Å²) in [5, 5.41) is 9.54. The topological polar surface area (TPSA) is 61.3 Å². The van der Waals surface area contributed by atoms with Crippen molar-refractivity contribution in [3.8, 4) is 5.75 Å². The Hall–Kier alpha value is -1.75. The number of benzene rings is 1. The molecule has 2 N–H and O–H groups in total. The number of hydrogen-bond acceptors (Lipinski definition) is 3. The summed E-state index contributed by atoms with van der Waals surface area (Å²) in [5.41, 5.74) is 1.45. The van der Waals surface area contributed by atoms with E-state index in [2.05, 4.69) is 16.9 Å². The monoisotopic (exact) mass is 247 g/mol. The summed E-state index contributed by atoms with van der Waals surface area (Å²) in [6, 6.07) is 5.37. The maximum Gasteiger partial charge on any atom is 0.326 e. The molecule has 1 aliphatic rings. The molecule has 2 heterocycles. The van der Waals surface area contributed by atoms with E-state index in [4.69, 9.17) is 0 Å². The molecule has 2 aromatic rings. The van der Waals surface area contributed by atoms with Crippen LogP contribution in [0.4, 0.5) is 0 Å². The van der Waals surface area contributed by atoms with Crippen LogP contribution in [-0.4, -0.2) is 39.2 Å². The first-order valence-electron chi connectivity index (χ1n) is 6.27. The van der Waals surface area contributed by atoms with E-state index in [1.54, 1.807) is 22.8 Å². The number of nitrogens with zero attached hydrogens (tertiary/aromatic N) is 2. The molecule has 5 nitrogen and oxygen atoms in total. The Morgan fingerprint density at radius 1 is 1.50 bits per heavy atom. The normalized spacial score (nSPS) is 20.8. The first-order chi connectivity index (χ1) is 8.65. The van der Waals surface area contributed by atoms with Crippen LogP contribution in [0, 0.1) is 0 Å². The largest absolute Gasteiger partial charge is 0.508 e. The highest BCUT2D eigenvalue weighted by Crippen LogP contribution is 2.20. The lowest BCUT2D eigenvalue weighted by atomic mass is 10.2. The Bertz CT molecular complexity index is 629. The van der Waals surface area contributed by atoms with Crippen LogP contribution >= 0.6 is 0 Å². The van der Waals surface area contributed by atoms with E-state index in [1.165, 1.54) is 6.42 Å². The number of phenolic OH excluding ortho intramolecular Hbond substituents is 1. The number of hydrogen-bond donors (Lipinski definition) is 2. The Kier molecular flexibility index (Phi) is 2.63. The van der Waals surface area contributed by atoms with Gasteiger partial charge in [0.15, 0.2) is 0 Å². The Labute approximate surface area is 105 Å². The minimum absolute atomic E-state index is 0.101. The molecule has 0 saturated carbocycles. The van der Waals surface area contributed by atoms with Crippen LogP contribution in [0.1, 0.15) is 12.8 Å². The van der Waals surface area contributed by atoms with Crippen molar-refractivity contribution in [2.45, 2.75) is 25.4 Å². The number of aromatic hydroxyl groups is 1. The molecule has 1 fully saturated rings. The molecule has 1 aromatic heterocycles. The van der Waals surface area contributed by atoms with Gasteiger partial charge in [0.25, 0.3) is 0 Å². The van der Waals surface area contributed by atoms with E-state index < -0.39 is 0 Å². The van der Waals surface area contributed by atoms with Gasteiger partial charge in [-0.05, 0) is 38.6 Å². The van der Waals surface area contributed by atoms with E-state index >= 15 is 0 Å². The summed E-state index contributed by atoms with van der Waals surface area (Å²) in [6.07, 6.45) is 2.30. The maximum absolute atomic E-state index is 12.0. The fourth-order valence-corrected chi connectivity index (χ4v) is 2.74. The number of aromatic nitrogens is 2. The first-order valence-corrected chi connectivity index (χ1v) is 6.27. The van der Waals surface area contributed by atoms with Gasteiger partial charge in [0.1, 0.15) is 5.75 Å². The molecule has 1 aromatic carbocycles. The van der Waals surface area contributed by atoms with Crippen LogP contribution in [0.5, 0.6) is 5.75 Å². The molecule has 0 bridgehead atoms. The van der Waals surface area contributed by atoms with Crippen LogP contribution in [-0.2, 0) is 6.54 Å². The summed E-state index contributed by atoms with van der Waals surface area (Å²) in [4.78, 5) is 17.1. The molecule has 96 valence electrons. The molecular formula is C13H17N3O2. The summed E-state index contributed by atoms with van der Waals surface area (Å²) in [6.45, 7) is 1.77. The fourth-order valence-electron chi connectivity index (χ4n) is 2.74. The number of H-pyrrole nitrogens is 1. The third kappa shape index (κ3) is 1.80. The molecule has 0 amide bonds. The lowest BCUT2D eigenvalue weighted by molar-refractivity contribution is 0.282. The average molecular weight is 247 g/mol. The van der Waals surface area contributed by atoms with Crippen molar-refractivity contribution >= 4 is 11.0 Å². The van der Waals surface area contributed by atoms with Crippen LogP contribution in [0.3, 0.4) is 0 Å². The van der Waals surface area contributed by atoms with E-state index in [0.717, 1.165) is 24.0 Å². The summed E-state index contributed by atoms with van der Waals surface area (Å²) < 4.78 is 1.72. The molecule has 1 aliphatic heterocycles. The van der Waals surface area contributed by atoms with Crippen molar-refractivity contribution in [2.24, 2.45) is 0 Å². The molecular weight excluding hydrogens is 230 g/mol. The van der Waals surface area contributed by atoms with Gasteiger partial charge in [-0.1, -0.05) is 0 Å². The van der Waals surface area contributed by atoms with Gasteiger partial charge in [-0.15, -0.1) is 0 Å². The zero-order valence-electron chi connectivity index (χ0n) is 10.4. The standard InChI is InChI=1S/C13H17N3O2/c1-15-6-2-3-9(15)8-16-12-7-10(17)4-5-11(12)14-13(16)18/h4-5,7,9,17H,2-3,6,8H2,1H3,(H,14,18). The van der Waals surface area contributed by atoms with E-state index in [-0.39, 0.29) is 11.4 Å². The maximum atomic E-state index is 12.0. The van der Waals surface area contributed by atoms with Gasteiger partial charge in [0.2, 0.25) is 0 Å². The van der Waals surface area contributed by atoms with Crippen molar-refractivity contribution in [1.82, 2.24) is 14.5 Å². The number of fused-ring (bicyclic) bond motifs is 1. The fraction of sp³-hybridized carbons (Fsp3) is 0.462. The number of nitrogens with one attached hydrogen (secondary N) is 1. The van der Waals surface area contributed by atoms with Gasteiger partial charge in [-0.2, -0.15) is 0 Å². The van der Waals surface area contributed by atoms with E-state index in [0.29, 0.717) is 12.6 Å². The van der Waals surface area contributed by atoms with E-state index in [9.17, 15) is 9.90 Å². The molecule has 1 saturated heterocycles. The second-order valence-electron chi connectivity index (χ2n) is 5.02. The lowest BCUT2D eigenvalue weighted by Crippen LogP contribution is -2.32. The number of imidazole rings is 1. The first kappa shape index (κ1) is 11.3. The van der Waals surface area contributed by atoms with Crippen molar-refractivity contribution < 1.29 is 5.11 Å². The predicted molar refractivity (Wildman–Crippen MR) is 69.9 cm³/mol. The number of likely N-dealkylation sites (N-methyl/N-ethyl adjacent to an activating group) is 1. The number of likely N-dealkylation sites (tertiary alicyclic amines) is 1. The van der Waals surface area contributed by atoms with Crippen molar-refractivity contribution in [2.75, 3.05) is 13.6 Å². The Morgan fingerprint density at radius 3 is 3.06 bits per heavy atom. The minimum atomic E-state index is -0.101. The smallest absolute Gasteiger partial charge is 0.326 e. The highest BCUT2D eigenvalue weighted by Gasteiger charge is 2.22. The second kappa shape index (κ2) is 4.17. The molecule has 18 heavy (non-hydrogen) atoms. The van der Waals surface area contributed by atoms with Crippen molar-refractivity contribution in [3.05, 3.63) is 28.7 Å². The third-order valence-corrected chi connectivity index (χ3v) is 3.82. The van der Waals surface area contributed by atoms with Gasteiger partial charge < -0.3 is 15.0 Å². The summed E-state index contributed by atoms with van der Waals surface area (Å²) in [5.74, 6) is 0.190. The number of aromatic amines is 1. The highest BCUT2D eigenvalue weighted by atomic mass is 16.3. The van der Waals surface area contributed by atoms with Gasteiger partial charge >= 0.3 is 5.69 Å². The molecule has 1 atom stereocenters. The number of phenols is 1. The third-order valence-electron chi connectivity index (χ3n) is 3.82. The zero-order chi connectivity index (χ0) is 12.7. The molecule has 0 spiro atoms. The van der Waals surface area contributed by atoms with Gasteiger partial charge in [-0.3, -0.25) is 4.57 Å². The minimum Gasteiger partial charge on any atom is -0.508 e. The van der Waals surface area contributed by atoms with Gasteiger partial charge in [0, 0.05) is 18.7 Å². The predicted octanol–water partition coefficient (Wildman–Crippen LogP) is 1.13. The van der Waals surface area contributed by atoms with Gasteiger partial charge in [-0.25, -0.2) is 4.79 Å². The van der Waals surface area contributed by atoms with Crippen LogP contribution in [0.25, 0.3) is 11.0 Å². The molecule has 1 unspecified atom stereocenters. The summed E-state index contributed by atoms with van der Waals surface area (Å²) in [7, 11) is 2.09. The highest BCUT2D eigenvalue weighted by molar-refractivity contribution is 5.76. The Morgan fingerprint density at radius 2 is 2.33 bits per heavy atom. The van der Waals surface area contributed by atoms with Crippen LogP contribution in [0.15, 0.2) is 23.0 Å². The second-order valence-corrected chi connectivity index (χ2v) is 5.02. The van der Waals surface area contributed by atoms with Gasteiger partial charge in [0.05, 0.1) is 11.0 Å². The number of rotatable bonds is 2. The van der Waals surface area contributed by atoms with E-state index in [1.807, 2.05) is 0 Å². The van der Waals surface area contributed by atoms with Crippen molar-refractivity contribution in [3.63, 3.8) is 0 Å². The molecule has 5 heteroatoms. The SMILES string of the molecule is CN1CCCC1Cn1c(=O)[nH]c2ccc(O)cc21. The molecule has 3 rings (SSSR count). The van der Waals surface area contributed by atoms with Crippen LogP contribution < -0.4 is 5.69 Å². The lowest BCUT2D eigenvalue weighted by Gasteiger charge is -2.19. The summed E-state index contributed by atoms with van der Waals surface area (Å²) >= 11 is 0.